The maximum atomic E-state index is 12.6. The van der Waals surface area contributed by atoms with Crippen LogP contribution in [0.25, 0.3) is 0 Å². The van der Waals surface area contributed by atoms with Crippen LogP contribution in [0.5, 0.6) is 0 Å². The second-order valence-electron chi connectivity index (χ2n) is 8.13. The minimum Gasteiger partial charge on any atom is -0.391 e. The van der Waals surface area contributed by atoms with Crippen LogP contribution >= 0.6 is 0 Å². The summed E-state index contributed by atoms with van der Waals surface area (Å²) in [7, 11) is 0. The van der Waals surface area contributed by atoms with Crippen LogP contribution in [-0.2, 0) is 0 Å². The summed E-state index contributed by atoms with van der Waals surface area (Å²) in [6, 6.07) is 9.19. The third-order valence-corrected chi connectivity index (χ3v) is 5.54. The smallest absolute Gasteiger partial charge is 0.251 e. The summed E-state index contributed by atoms with van der Waals surface area (Å²) in [4.78, 5) is 12.6. The van der Waals surface area contributed by atoms with E-state index in [0.29, 0.717) is 5.56 Å². The summed E-state index contributed by atoms with van der Waals surface area (Å²) in [6.07, 6.45) is 15.9. The zero-order valence-corrected chi connectivity index (χ0v) is 18.3. The molecule has 160 valence electrons. The number of carbonyl (C=O) groups excluding carboxylic acids is 1. The van der Waals surface area contributed by atoms with Gasteiger partial charge in [0.15, 0.2) is 0 Å². The Morgan fingerprint density at radius 2 is 1.29 bits per heavy atom. The van der Waals surface area contributed by atoms with Crippen molar-refractivity contribution in [3.8, 4) is 0 Å². The first-order valence-corrected chi connectivity index (χ1v) is 11.7. The molecule has 0 bridgehead atoms. The third kappa shape index (κ3) is 11.5. The van der Waals surface area contributed by atoms with E-state index in [2.05, 4.69) is 19.2 Å². The van der Waals surface area contributed by atoms with Crippen LogP contribution in [0.4, 0.5) is 0 Å². The van der Waals surface area contributed by atoms with Crippen molar-refractivity contribution in [1.82, 2.24) is 5.32 Å². The molecule has 0 saturated carbocycles. The number of hydrogen-bond donors (Lipinski definition) is 2. The number of benzene rings is 1. The quantitative estimate of drug-likeness (QED) is 0.293. The monoisotopic (exact) mass is 389 g/mol. The highest BCUT2D eigenvalue weighted by Crippen LogP contribution is 2.16. The van der Waals surface area contributed by atoms with Crippen molar-refractivity contribution in [2.24, 2.45) is 0 Å². The molecule has 2 unspecified atom stereocenters. The molecule has 0 aliphatic carbocycles. The lowest BCUT2D eigenvalue weighted by atomic mass is 9.97. The number of carbonyl (C=O) groups is 1. The van der Waals surface area contributed by atoms with E-state index in [4.69, 9.17) is 0 Å². The van der Waals surface area contributed by atoms with Crippen molar-refractivity contribution in [2.45, 2.75) is 116 Å². The van der Waals surface area contributed by atoms with Gasteiger partial charge in [0.1, 0.15) is 0 Å². The highest BCUT2D eigenvalue weighted by molar-refractivity contribution is 5.94. The van der Waals surface area contributed by atoms with Gasteiger partial charge in [-0.15, -0.1) is 0 Å². The second-order valence-corrected chi connectivity index (χ2v) is 8.13. The zero-order chi connectivity index (χ0) is 20.5. The first-order valence-electron chi connectivity index (χ1n) is 11.7. The lowest BCUT2D eigenvalue weighted by molar-refractivity contribution is 0.0789. The molecule has 0 aromatic heterocycles. The van der Waals surface area contributed by atoms with Crippen molar-refractivity contribution >= 4 is 5.91 Å². The van der Waals surface area contributed by atoms with E-state index >= 15 is 0 Å². The van der Waals surface area contributed by atoms with Crippen LogP contribution in [0.1, 0.15) is 114 Å². The molecule has 0 aliphatic heterocycles. The number of rotatable bonds is 17. The first kappa shape index (κ1) is 24.7. The van der Waals surface area contributed by atoms with Gasteiger partial charge >= 0.3 is 0 Å². The molecule has 0 spiro atoms. The number of aliphatic hydroxyl groups is 1. The van der Waals surface area contributed by atoms with Gasteiger partial charge in [-0.1, -0.05) is 109 Å². The summed E-state index contributed by atoms with van der Waals surface area (Å²) in [5.74, 6) is -0.0708. The van der Waals surface area contributed by atoms with Gasteiger partial charge in [-0.05, 0) is 25.0 Å². The van der Waals surface area contributed by atoms with Crippen molar-refractivity contribution in [1.29, 1.82) is 0 Å². The third-order valence-electron chi connectivity index (χ3n) is 5.54. The van der Waals surface area contributed by atoms with Crippen LogP contribution in [0.2, 0.25) is 0 Å². The molecule has 3 heteroatoms. The van der Waals surface area contributed by atoms with E-state index in [1.807, 2.05) is 30.3 Å². The Kier molecular flexibility index (Phi) is 14.6. The predicted molar refractivity (Wildman–Crippen MR) is 120 cm³/mol. The zero-order valence-electron chi connectivity index (χ0n) is 18.3. The number of hydrogen-bond acceptors (Lipinski definition) is 2. The van der Waals surface area contributed by atoms with Crippen molar-refractivity contribution in [3.05, 3.63) is 35.9 Å². The lowest BCUT2D eigenvalue weighted by Gasteiger charge is -2.24. The standard InChI is InChI=1S/C25H43NO2/c1-3-5-7-9-11-16-20-23(24(27)21-17-12-10-8-6-4-2)26-25(28)22-18-14-13-15-19-22/h13-15,18-19,23-24,27H,3-12,16-17,20-21H2,1-2H3,(H,26,28). The van der Waals surface area contributed by atoms with Crippen molar-refractivity contribution in [2.75, 3.05) is 0 Å². The Balaban J connectivity index is 2.45. The van der Waals surface area contributed by atoms with Crippen molar-refractivity contribution in [3.63, 3.8) is 0 Å². The molecule has 0 saturated heterocycles. The number of aliphatic hydroxyl groups excluding tert-OH is 1. The molecule has 2 N–H and O–H groups in total. The Bertz CT molecular complexity index is 489. The number of unbranched alkanes of at least 4 members (excludes halogenated alkanes) is 10. The van der Waals surface area contributed by atoms with Crippen molar-refractivity contribution < 1.29 is 9.90 Å². The van der Waals surface area contributed by atoms with Gasteiger partial charge in [-0.3, -0.25) is 4.79 Å². The minimum atomic E-state index is -0.450. The minimum absolute atomic E-state index is 0.0708. The fourth-order valence-electron chi connectivity index (χ4n) is 3.68. The van der Waals surface area contributed by atoms with Crippen LogP contribution in [-0.4, -0.2) is 23.2 Å². The lowest BCUT2D eigenvalue weighted by Crippen LogP contribution is -2.43. The normalized spacial score (nSPS) is 13.2. The highest BCUT2D eigenvalue weighted by Gasteiger charge is 2.21. The fourth-order valence-corrected chi connectivity index (χ4v) is 3.68. The van der Waals surface area contributed by atoms with Gasteiger partial charge in [0.2, 0.25) is 0 Å². The molecule has 0 heterocycles. The van der Waals surface area contributed by atoms with E-state index in [-0.39, 0.29) is 11.9 Å². The summed E-state index contributed by atoms with van der Waals surface area (Å²) >= 11 is 0. The van der Waals surface area contributed by atoms with Gasteiger partial charge in [-0.2, -0.15) is 0 Å². The van der Waals surface area contributed by atoms with Gasteiger partial charge in [0.05, 0.1) is 12.1 Å². The van der Waals surface area contributed by atoms with Gasteiger partial charge in [0.25, 0.3) is 5.91 Å². The molecule has 2 atom stereocenters. The van der Waals surface area contributed by atoms with Crippen LogP contribution in [0, 0.1) is 0 Å². The van der Waals surface area contributed by atoms with E-state index in [0.717, 1.165) is 25.7 Å². The summed E-state index contributed by atoms with van der Waals surface area (Å²) in [6.45, 7) is 4.46. The SMILES string of the molecule is CCCCCCCCC(O)C(CCCCCCCC)NC(=O)c1ccccc1. The maximum absolute atomic E-state index is 12.6. The van der Waals surface area contributed by atoms with Gasteiger partial charge in [0, 0.05) is 5.56 Å². The molecule has 3 nitrogen and oxygen atoms in total. The molecular formula is C25H43NO2. The molecule has 28 heavy (non-hydrogen) atoms. The average molecular weight is 390 g/mol. The van der Waals surface area contributed by atoms with Crippen LogP contribution in [0.15, 0.2) is 30.3 Å². The van der Waals surface area contributed by atoms with E-state index in [1.165, 1.54) is 64.2 Å². The molecule has 1 aromatic carbocycles. The Morgan fingerprint density at radius 1 is 0.786 bits per heavy atom. The largest absolute Gasteiger partial charge is 0.391 e. The Hall–Kier alpha value is -1.35. The van der Waals surface area contributed by atoms with Gasteiger partial charge < -0.3 is 10.4 Å². The summed E-state index contributed by atoms with van der Waals surface area (Å²) in [5, 5.41) is 13.8. The molecule has 1 rings (SSSR count). The first-order chi connectivity index (χ1) is 13.7. The predicted octanol–water partition coefficient (Wildman–Crippen LogP) is 6.65. The van der Waals surface area contributed by atoms with Crippen LogP contribution in [0.3, 0.4) is 0 Å². The summed E-state index contributed by atoms with van der Waals surface area (Å²) in [5.41, 5.74) is 0.669. The summed E-state index contributed by atoms with van der Waals surface area (Å²) < 4.78 is 0. The molecule has 0 aliphatic rings. The Morgan fingerprint density at radius 3 is 1.86 bits per heavy atom. The van der Waals surface area contributed by atoms with E-state index in [1.54, 1.807) is 0 Å². The fraction of sp³-hybridized carbons (Fsp3) is 0.720. The number of amides is 1. The van der Waals surface area contributed by atoms with Crippen LogP contribution < -0.4 is 5.32 Å². The molecule has 1 amide bonds. The van der Waals surface area contributed by atoms with Gasteiger partial charge in [-0.25, -0.2) is 0 Å². The molecule has 0 radical (unpaired) electrons. The average Bonchev–Trinajstić information content (AvgIpc) is 2.72. The molecule has 0 fully saturated rings. The number of nitrogens with one attached hydrogen (secondary N) is 1. The Labute approximate surface area is 173 Å². The second kappa shape index (κ2) is 16.6. The highest BCUT2D eigenvalue weighted by atomic mass is 16.3. The topological polar surface area (TPSA) is 49.3 Å². The maximum Gasteiger partial charge on any atom is 0.251 e. The van der Waals surface area contributed by atoms with E-state index in [9.17, 15) is 9.90 Å². The molecule has 1 aromatic rings. The van der Waals surface area contributed by atoms with E-state index < -0.39 is 6.10 Å². The molecular weight excluding hydrogens is 346 g/mol.